The number of benzene rings is 4. The van der Waals surface area contributed by atoms with E-state index in [0.717, 1.165) is 125 Å². The number of nitrogens with zero attached hydrogens (tertiary/aromatic N) is 5. The molecule has 10 heteroatoms. The molecule has 61 heavy (non-hydrogen) atoms. The molecule has 2 heterocycles. The van der Waals surface area contributed by atoms with E-state index in [9.17, 15) is 9.59 Å². The largest absolute Gasteiger partial charge is 0.491 e. The molecule has 2 saturated heterocycles. The van der Waals surface area contributed by atoms with Crippen LogP contribution in [0, 0.1) is 0 Å². The second kappa shape index (κ2) is 24.4. The minimum absolute atomic E-state index is 0.150. The number of nitrogens with one attached hydrogen (secondary N) is 1. The quantitative estimate of drug-likeness (QED) is 0.106. The van der Waals surface area contributed by atoms with Crippen LogP contribution in [0.25, 0.3) is 0 Å². The number of carbonyl (C=O) groups is 2. The summed E-state index contributed by atoms with van der Waals surface area (Å²) < 4.78 is 11.7. The van der Waals surface area contributed by atoms with Crippen molar-refractivity contribution in [3.8, 4) is 11.5 Å². The van der Waals surface area contributed by atoms with E-state index in [-0.39, 0.29) is 24.0 Å². The summed E-state index contributed by atoms with van der Waals surface area (Å²) in [5.41, 5.74) is 6.14. The Labute approximate surface area is 366 Å². The first kappa shape index (κ1) is 47.0. The van der Waals surface area contributed by atoms with Crippen molar-refractivity contribution in [1.29, 1.82) is 0 Å². The van der Waals surface area contributed by atoms with Crippen molar-refractivity contribution in [2.75, 3.05) is 83.7 Å². The number of likely N-dealkylation sites (N-methyl/N-ethyl adjacent to an activating group) is 3. The molecular weight excluding hydrogens is 761 g/mol. The van der Waals surface area contributed by atoms with Crippen molar-refractivity contribution >= 4 is 23.2 Å². The van der Waals surface area contributed by atoms with Crippen LogP contribution in [-0.2, 0) is 13.1 Å². The van der Waals surface area contributed by atoms with Crippen molar-refractivity contribution in [3.05, 3.63) is 119 Å². The van der Waals surface area contributed by atoms with Crippen LogP contribution >= 0.6 is 0 Å². The molecule has 6 rings (SSSR count). The van der Waals surface area contributed by atoms with Gasteiger partial charge in [-0.25, -0.2) is 0 Å². The molecule has 2 aliphatic heterocycles. The highest BCUT2D eigenvalue weighted by molar-refractivity contribution is 5.95. The minimum Gasteiger partial charge on any atom is -0.491 e. The third kappa shape index (κ3) is 15.7. The second-order valence-corrected chi connectivity index (χ2v) is 17.3. The fourth-order valence-electron chi connectivity index (χ4n) is 7.86. The molecule has 0 unspecified atom stereocenters. The van der Waals surface area contributed by atoms with Crippen LogP contribution in [0.1, 0.15) is 98.1 Å². The number of para-hydroxylation sites is 2. The maximum absolute atomic E-state index is 12.8. The van der Waals surface area contributed by atoms with Gasteiger partial charge in [0.2, 0.25) is 0 Å². The molecular formula is C51H72N6O4. The van der Waals surface area contributed by atoms with E-state index < -0.39 is 0 Å². The molecule has 1 N–H and O–H groups in total. The van der Waals surface area contributed by atoms with Crippen LogP contribution in [-0.4, -0.2) is 117 Å². The van der Waals surface area contributed by atoms with Gasteiger partial charge >= 0.3 is 0 Å². The van der Waals surface area contributed by atoms with Crippen LogP contribution in [0.2, 0.25) is 0 Å². The minimum atomic E-state index is 0.150. The topological polar surface area (TPSA) is 80.8 Å². The van der Waals surface area contributed by atoms with Crippen LogP contribution < -0.4 is 19.7 Å². The Morgan fingerprint density at radius 2 is 1.11 bits per heavy atom. The number of amides is 2. The van der Waals surface area contributed by atoms with Crippen molar-refractivity contribution in [2.24, 2.45) is 0 Å². The zero-order valence-corrected chi connectivity index (χ0v) is 38.1. The van der Waals surface area contributed by atoms with Crippen LogP contribution in [0.5, 0.6) is 11.5 Å². The molecule has 0 aliphatic carbocycles. The monoisotopic (exact) mass is 833 g/mol. The Bertz CT molecular complexity index is 1940. The number of anilines is 2. The van der Waals surface area contributed by atoms with E-state index in [2.05, 4.69) is 85.3 Å². The molecule has 2 aliphatic rings. The third-order valence-electron chi connectivity index (χ3n) is 11.0. The molecule has 0 radical (unpaired) electrons. The molecule has 0 atom stereocenters. The maximum atomic E-state index is 12.8. The fraction of sp³-hybridized carbons (Fsp3) is 0.490. The van der Waals surface area contributed by atoms with E-state index in [0.29, 0.717) is 0 Å². The van der Waals surface area contributed by atoms with Gasteiger partial charge in [-0.2, -0.15) is 0 Å². The Morgan fingerprint density at radius 1 is 0.590 bits per heavy atom. The zero-order chi connectivity index (χ0) is 43.6. The average Bonchev–Trinajstić information content (AvgIpc) is 3.26. The zero-order valence-electron chi connectivity index (χ0n) is 38.1. The molecule has 0 aromatic heterocycles. The van der Waals surface area contributed by atoms with Gasteiger partial charge in [0.1, 0.15) is 11.5 Å². The second-order valence-electron chi connectivity index (χ2n) is 17.3. The van der Waals surface area contributed by atoms with Gasteiger partial charge in [0.15, 0.2) is 0 Å². The van der Waals surface area contributed by atoms with Crippen molar-refractivity contribution in [3.63, 3.8) is 0 Å². The predicted octanol–water partition coefficient (Wildman–Crippen LogP) is 9.31. The van der Waals surface area contributed by atoms with Crippen molar-refractivity contribution in [1.82, 2.24) is 19.6 Å². The van der Waals surface area contributed by atoms with Gasteiger partial charge < -0.3 is 39.3 Å². The van der Waals surface area contributed by atoms with E-state index in [4.69, 9.17) is 9.47 Å². The molecule has 0 spiro atoms. The lowest BCUT2D eigenvalue weighted by molar-refractivity contribution is 0.0717. The molecule has 4 aromatic carbocycles. The third-order valence-corrected chi connectivity index (χ3v) is 11.0. The Hall–Kier alpha value is -5.06. The summed E-state index contributed by atoms with van der Waals surface area (Å²) in [4.78, 5) is 36.4. The van der Waals surface area contributed by atoms with E-state index in [1.165, 1.54) is 24.0 Å². The van der Waals surface area contributed by atoms with Gasteiger partial charge in [0.05, 0.1) is 17.9 Å². The normalized spacial score (nSPS) is 14.2. The molecule has 2 amide bonds. The highest BCUT2D eigenvalue weighted by Crippen LogP contribution is 2.28. The van der Waals surface area contributed by atoms with E-state index >= 15 is 0 Å². The lowest BCUT2D eigenvalue weighted by Gasteiger charge is -2.27. The predicted molar refractivity (Wildman–Crippen MR) is 251 cm³/mol. The molecule has 330 valence electrons. The summed E-state index contributed by atoms with van der Waals surface area (Å²) in [6, 6.07) is 32.5. The first-order valence-corrected chi connectivity index (χ1v) is 22.6. The first-order chi connectivity index (χ1) is 29.4. The molecule has 2 fully saturated rings. The maximum Gasteiger partial charge on any atom is 0.253 e. The van der Waals surface area contributed by atoms with Crippen LogP contribution in [0.15, 0.2) is 97.1 Å². The van der Waals surface area contributed by atoms with Gasteiger partial charge in [-0.1, -0.05) is 42.5 Å². The fourth-order valence-corrected chi connectivity index (χ4v) is 7.86. The standard InChI is InChI=1S/C26H37N3O2.C25H35N3O2/c1-21(2)31-25-14-7-6-13-24(25)28(4)18-17-27(3)20-22-11-10-12-23(19-22)26(30)29-15-8-5-9-16-29;1-20(2)30-24-12-8-11-23(18-24)26-13-16-27(3)19-21-9-7-10-22(17-21)25(29)28-14-5-4-6-15-28/h6-7,10-14,19,21H,5,8-9,15-18,20H2,1-4H3;7-12,17-18,20,26H,4-6,13-16,19H2,1-3H3. The SMILES string of the molecule is CC(C)Oc1cccc(NCCN(C)Cc2cccc(C(=O)N3CCCCC3)c2)c1.CC(C)Oc1ccccc1N(C)CCN(C)Cc1cccc(C(=O)N2CCCCC2)c1. The van der Waals surface area contributed by atoms with Gasteiger partial charge in [-0.05, 0) is 140 Å². The molecule has 4 aromatic rings. The van der Waals surface area contributed by atoms with Gasteiger partial charge in [0.25, 0.3) is 11.8 Å². The molecule has 0 bridgehead atoms. The summed E-state index contributed by atoms with van der Waals surface area (Å²) in [5.74, 6) is 2.15. The summed E-state index contributed by atoms with van der Waals surface area (Å²) in [5, 5.41) is 3.47. The smallest absolute Gasteiger partial charge is 0.253 e. The van der Waals surface area contributed by atoms with Gasteiger partial charge in [0, 0.05) is 95.4 Å². The van der Waals surface area contributed by atoms with Crippen LogP contribution in [0.4, 0.5) is 11.4 Å². The first-order valence-electron chi connectivity index (χ1n) is 22.6. The summed E-state index contributed by atoms with van der Waals surface area (Å²) in [7, 11) is 6.34. The Kier molecular flexibility index (Phi) is 18.8. The van der Waals surface area contributed by atoms with Gasteiger partial charge in [-0.3, -0.25) is 9.59 Å². The molecule has 0 saturated carbocycles. The number of likely N-dealkylation sites (tertiary alicyclic amines) is 2. The summed E-state index contributed by atoms with van der Waals surface area (Å²) in [6.07, 6.45) is 7.26. The summed E-state index contributed by atoms with van der Waals surface area (Å²) >= 11 is 0. The lowest BCUT2D eigenvalue weighted by Crippen LogP contribution is -2.35. The number of ether oxygens (including phenoxy) is 2. The number of rotatable bonds is 18. The highest BCUT2D eigenvalue weighted by Gasteiger charge is 2.20. The van der Waals surface area contributed by atoms with E-state index in [1.54, 1.807) is 0 Å². The Morgan fingerprint density at radius 3 is 1.67 bits per heavy atom. The lowest BCUT2D eigenvalue weighted by atomic mass is 10.1. The number of hydrogen-bond acceptors (Lipinski definition) is 8. The number of carbonyl (C=O) groups excluding carboxylic acids is 2. The number of piperidine rings is 2. The molecule has 10 nitrogen and oxygen atoms in total. The van der Waals surface area contributed by atoms with Gasteiger partial charge in [-0.15, -0.1) is 0 Å². The Balaban J connectivity index is 0.000000231. The van der Waals surface area contributed by atoms with E-state index in [1.807, 2.05) is 90.4 Å². The average molecular weight is 833 g/mol. The highest BCUT2D eigenvalue weighted by atomic mass is 16.5. The van der Waals surface area contributed by atoms with Crippen LogP contribution in [0.3, 0.4) is 0 Å². The van der Waals surface area contributed by atoms with Crippen molar-refractivity contribution in [2.45, 2.75) is 91.5 Å². The van der Waals surface area contributed by atoms with Crippen molar-refractivity contribution < 1.29 is 19.1 Å². The number of hydrogen-bond donors (Lipinski definition) is 1. The summed E-state index contributed by atoms with van der Waals surface area (Å²) in [6.45, 7) is 16.9.